The van der Waals surface area contributed by atoms with Gasteiger partial charge in [0.1, 0.15) is 0 Å². The van der Waals surface area contributed by atoms with Gasteiger partial charge in [-0.05, 0) is 32.2 Å². The molecule has 0 bridgehead atoms. The highest BCUT2D eigenvalue weighted by molar-refractivity contribution is 4.79. The van der Waals surface area contributed by atoms with E-state index >= 15 is 0 Å². The summed E-state index contributed by atoms with van der Waals surface area (Å²) in [6, 6.07) is 2.69. The minimum Gasteiger partial charge on any atom is -0.288 e. The molecule has 0 atom stereocenters. The van der Waals surface area contributed by atoms with E-state index in [1.807, 2.05) is 0 Å². The Hall–Kier alpha value is -0.550. The van der Waals surface area contributed by atoms with E-state index in [0.717, 1.165) is 13.0 Å². The number of hydrogen-bond acceptors (Lipinski definition) is 2. The zero-order chi connectivity index (χ0) is 10.5. The molecule has 0 aliphatic heterocycles. The number of rotatable bonds is 4. The quantitative estimate of drug-likeness (QED) is 0.625. The van der Waals surface area contributed by atoms with E-state index in [1.54, 1.807) is 0 Å². The van der Waals surface area contributed by atoms with Gasteiger partial charge in [0.05, 0.1) is 12.6 Å². The van der Waals surface area contributed by atoms with Gasteiger partial charge in [0.2, 0.25) is 0 Å². The van der Waals surface area contributed by atoms with Gasteiger partial charge in [-0.1, -0.05) is 20.8 Å². The molecule has 2 nitrogen and oxygen atoms in total. The van der Waals surface area contributed by atoms with Crippen molar-refractivity contribution in [2.24, 2.45) is 5.41 Å². The largest absolute Gasteiger partial charge is 0.288 e. The second-order valence-corrected chi connectivity index (χ2v) is 5.03. The first-order valence-electron chi connectivity index (χ1n) is 4.98. The Morgan fingerprint density at radius 1 is 1.31 bits per heavy atom. The van der Waals surface area contributed by atoms with Crippen molar-refractivity contribution in [3.05, 3.63) is 0 Å². The number of nitrogens with zero attached hydrogens (tertiary/aromatic N) is 2. The van der Waals surface area contributed by atoms with Crippen LogP contribution >= 0.6 is 0 Å². The molecule has 0 saturated carbocycles. The first-order valence-corrected chi connectivity index (χ1v) is 4.98. The molecule has 0 rings (SSSR count). The summed E-state index contributed by atoms with van der Waals surface area (Å²) < 4.78 is 0. The summed E-state index contributed by atoms with van der Waals surface area (Å²) in [6.07, 6.45) is 1.15. The second kappa shape index (κ2) is 5.24. The van der Waals surface area contributed by atoms with Crippen LogP contribution in [-0.4, -0.2) is 24.0 Å². The Kier molecular flexibility index (Phi) is 5.02. The van der Waals surface area contributed by atoms with Gasteiger partial charge < -0.3 is 0 Å². The van der Waals surface area contributed by atoms with Gasteiger partial charge in [-0.3, -0.25) is 4.90 Å². The highest BCUT2D eigenvalue weighted by atomic mass is 15.1. The molecule has 0 fully saturated rings. The van der Waals surface area contributed by atoms with E-state index in [-0.39, 0.29) is 0 Å². The molecule has 0 aliphatic carbocycles. The highest BCUT2D eigenvalue weighted by Crippen LogP contribution is 2.19. The van der Waals surface area contributed by atoms with Gasteiger partial charge in [-0.15, -0.1) is 0 Å². The lowest BCUT2D eigenvalue weighted by Crippen LogP contribution is -2.33. The van der Waals surface area contributed by atoms with E-state index in [1.165, 1.54) is 0 Å². The number of nitriles is 1. The SMILES string of the molecule is CC(C)N(CC#N)CCC(C)(C)C. The predicted molar refractivity (Wildman–Crippen MR) is 56.4 cm³/mol. The zero-order valence-electron chi connectivity index (χ0n) is 9.59. The Morgan fingerprint density at radius 2 is 1.85 bits per heavy atom. The van der Waals surface area contributed by atoms with Crippen molar-refractivity contribution in [1.82, 2.24) is 4.90 Å². The Labute approximate surface area is 82.5 Å². The third-order valence-electron chi connectivity index (χ3n) is 2.15. The highest BCUT2D eigenvalue weighted by Gasteiger charge is 2.14. The standard InChI is InChI=1S/C11H22N2/c1-10(2)13(9-7-12)8-6-11(3,4)5/h10H,6,8-9H2,1-5H3. The van der Waals surface area contributed by atoms with Gasteiger partial charge in [-0.2, -0.15) is 5.26 Å². The minimum absolute atomic E-state index is 0.364. The first kappa shape index (κ1) is 12.4. The topological polar surface area (TPSA) is 27.0 Å². The third kappa shape index (κ3) is 6.60. The van der Waals surface area contributed by atoms with Crippen LogP contribution < -0.4 is 0 Å². The molecule has 0 aromatic rings. The molecule has 0 N–H and O–H groups in total. The van der Waals surface area contributed by atoms with Crippen LogP contribution in [0.2, 0.25) is 0 Å². The molecule has 0 aliphatic rings. The molecule has 0 radical (unpaired) electrons. The van der Waals surface area contributed by atoms with Crippen molar-refractivity contribution in [2.75, 3.05) is 13.1 Å². The smallest absolute Gasteiger partial charge is 0.0868 e. The number of hydrogen-bond donors (Lipinski definition) is 0. The first-order chi connectivity index (χ1) is 5.87. The van der Waals surface area contributed by atoms with Crippen LogP contribution in [0.1, 0.15) is 41.0 Å². The van der Waals surface area contributed by atoms with Crippen LogP contribution in [0.15, 0.2) is 0 Å². The van der Waals surface area contributed by atoms with Gasteiger partial charge >= 0.3 is 0 Å². The molecule has 0 aromatic heterocycles. The molecular formula is C11H22N2. The fourth-order valence-corrected chi connectivity index (χ4v) is 1.09. The maximum absolute atomic E-state index is 8.62. The van der Waals surface area contributed by atoms with Crippen molar-refractivity contribution < 1.29 is 0 Å². The normalized spacial score (nSPS) is 12.2. The molecule has 2 heteroatoms. The van der Waals surface area contributed by atoms with Gasteiger partial charge in [0.25, 0.3) is 0 Å². The molecule has 0 amide bonds. The summed E-state index contributed by atoms with van der Waals surface area (Å²) in [5.74, 6) is 0. The van der Waals surface area contributed by atoms with Crippen molar-refractivity contribution in [1.29, 1.82) is 5.26 Å². The van der Waals surface area contributed by atoms with Crippen LogP contribution in [0, 0.1) is 16.7 Å². The minimum atomic E-state index is 0.364. The molecule has 0 saturated heterocycles. The fourth-order valence-electron chi connectivity index (χ4n) is 1.09. The van der Waals surface area contributed by atoms with E-state index in [4.69, 9.17) is 5.26 Å². The van der Waals surface area contributed by atoms with Gasteiger partial charge in [0, 0.05) is 6.04 Å². The lowest BCUT2D eigenvalue weighted by atomic mass is 9.92. The van der Waals surface area contributed by atoms with Crippen molar-refractivity contribution in [2.45, 2.75) is 47.1 Å². The molecule has 0 aromatic carbocycles. The van der Waals surface area contributed by atoms with E-state index < -0.39 is 0 Å². The lowest BCUT2D eigenvalue weighted by Gasteiger charge is -2.27. The van der Waals surface area contributed by atoms with Crippen molar-refractivity contribution >= 4 is 0 Å². The Balaban J connectivity index is 3.91. The van der Waals surface area contributed by atoms with Crippen LogP contribution in [0.5, 0.6) is 0 Å². The van der Waals surface area contributed by atoms with Gasteiger partial charge in [0.15, 0.2) is 0 Å². The monoisotopic (exact) mass is 182 g/mol. The van der Waals surface area contributed by atoms with Crippen LogP contribution in [0.25, 0.3) is 0 Å². The molecule has 0 spiro atoms. The maximum Gasteiger partial charge on any atom is 0.0868 e. The lowest BCUT2D eigenvalue weighted by molar-refractivity contribution is 0.209. The second-order valence-electron chi connectivity index (χ2n) is 5.03. The van der Waals surface area contributed by atoms with E-state index in [0.29, 0.717) is 18.0 Å². The molecule has 13 heavy (non-hydrogen) atoms. The van der Waals surface area contributed by atoms with Crippen LogP contribution in [0.4, 0.5) is 0 Å². The van der Waals surface area contributed by atoms with Crippen molar-refractivity contribution in [3.8, 4) is 6.07 Å². The zero-order valence-corrected chi connectivity index (χ0v) is 9.59. The van der Waals surface area contributed by atoms with Crippen LogP contribution in [0.3, 0.4) is 0 Å². The van der Waals surface area contributed by atoms with E-state index in [2.05, 4.69) is 45.6 Å². The molecular weight excluding hydrogens is 160 g/mol. The Morgan fingerprint density at radius 3 is 2.15 bits per heavy atom. The van der Waals surface area contributed by atoms with Gasteiger partial charge in [-0.25, -0.2) is 0 Å². The average Bonchev–Trinajstić information content (AvgIpc) is 1.95. The van der Waals surface area contributed by atoms with E-state index in [9.17, 15) is 0 Å². The summed E-state index contributed by atoms with van der Waals surface area (Å²) >= 11 is 0. The predicted octanol–water partition coefficient (Wildman–Crippen LogP) is 2.66. The summed E-state index contributed by atoms with van der Waals surface area (Å²) in [5.41, 5.74) is 0.364. The van der Waals surface area contributed by atoms with Crippen molar-refractivity contribution in [3.63, 3.8) is 0 Å². The summed E-state index contributed by atoms with van der Waals surface area (Å²) in [5, 5.41) is 8.62. The molecule has 76 valence electrons. The summed E-state index contributed by atoms with van der Waals surface area (Å²) in [6.45, 7) is 12.6. The average molecular weight is 182 g/mol. The fraction of sp³-hybridized carbons (Fsp3) is 0.909. The Bertz CT molecular complexity index is 172. The summed E-state index contributed by atoms with van der Waals surface area (Å²) in [4.78, 5) is 2.21. The molecule has 0 unspecified atom stereocenters. The maximum atomic E-state index is 8.62. The molecule has 0 heterocycles. The summed E-state index contributed by atoms with van der Waals surface area (Å²) in [7, 11) is 0. The van der Waals surface area contributed by atoms with Crippen LogP contribution in [-0.2, 0) is 0 Å². The third-order valence-corrected chi connectivity index (χ3v) is 2.15.